The van der Waals surface area contributed by atoms with Crippen molar-refractivity contribution in [2.24, 2.45) is 0 Å². The summed E-state index contributed by atoms with van der Waals surface area (Å²) in [6.45, 7) is 4.93. The van der Waals surface area contributed by atoms with E-state index in [1.807, 2.05) is 18.2 Å². The molecular weight excluding hydrogens is 394 g/mol. The molecule has 142 valence electrons. The van der Waals surface area contributed by atoms with Crippen LogP contribution < -0.4 is 0 Å². The van der Waals surface area contributed by atoms with Gasteiger partial charge in [-0.3, -0.25) is 0 Å². The minimum Gasteiger partial charge on any atom is -0.334 e. The second-order valence-corrected chi connectivity index (χ2v) is 7.61. The molecule has 8 heteroatoms. The second-order valence-electron chi connectivity index (χ2n) is 6.23. The Bertz CT molecular complexity index is 1090. The van der Waals surface area contributed by atoms with Crippen molar-refractivity contribution in [1.29, 1.82) is 0 Å². The molecule has 0 amide bonds. The summed E-state index contributed by atoms with van der Waals surface area (Å²) in [6.07, 6.45) is 0. The van der Waals surface area contributed by atoms with E-state index in [-0.39, 0.29) is 0 Å². The van der Waals surface area contributed by atoms with Crippen molar-refractivity contribution in [3.63, 3.8) is 0 Å². The van der Waals surface area contributed by atoms with Gasteiger partial charge in [0.1, 0.15) is 0 Å². The van der Waals surface area contributed by atoms with E-state index in [2.05, 4.69) is 57.0 Å². The van der Waals surface area contributed by atoms with E-state index >= 15 is 0 Å². The van der Waals surface area contributed by atoms with Crippen LogP contribution in [-0.4, -0.2) is 24.9 Å². The van der Waals surface area contributed by atoms with Gasteiger partial charge in [0.2, 0.25) is 0 Å². The zero-order valence-corrected chi connectivity index (χ0v) is 17.0. The third-order valence-electron chi connectivity index (χ3n) is 4.20. The largest absolute Gasteiger partial charge is 0.334 e. The maximum Gasteiger partial charge on any atom is 0.257 e. The van der Waals surface area contributed by atoms with Gasteiger partial charge < -0.3 is 9.09 Å². The van der Waals surface area contributed by atoms with Gasteiger partial charge in [-0.05, 0) is 44.2 Å². The molecule has 4 rings (SSSR count). The lowest BCUT2D eigenvalue weighted by atomic mass is 10.1. The van der Waals surface area contributed by atoms with E-state index in [1.54, 1.807) is 12.1 Å². The molecule has 2 heterocycles. The van der Waals surface area contributed by atoms with E-state index in [9.17, 15) is 0 Å². The molecule has 0 aliphatic rings. The number of aromatic nitrogens is 5. The Hall–Kier alpha value is -2.64. The van der Waals surface area contributed by atoms with Crippen molar-refractivity contribution >= 4 is 23.4 Å². The maximum atomic E-state index is 5.92. The molecule has 4 aromatic rings. The van der Waals surface area contributed by atoms with Crippen LogP contribution in [0.15, 0.2) is 58.2 Å². The predicted molar refractivity (Wildman–Crippen MR) is 110 cm³/mol. The number of benzene rings is 2. The molecule has 0 saturated carbocycles. The van der Waals surface area contributed by atoms with Gasteiger partial charge in [-0.25, -0.2) is 0 Å². The highest BCUT2D eigenvalue weighted by atomic mass is 35.5. The first-order valence-corrected chi connectivity index (χ1v) is 10.2. The first kappa shape index (κ1) is 18.7. The lowest BCUT2D eigenvalue weighted by Gasteiger charge is -2.07. The Labute approximate surface area is 172 Å². The summed E-state index contributed by atoms with van der Waals surface area (Å²) in [7, 11) is 0. The maximum absolute atomic E-state index is 5.92. The Morgan fingerprint density at radius 1 is 1.07 bits per heavy atom. The quantitative estimate of drug-likeness (QED) is 0.402. The van der Waals surface area contributed by atoms with Crippen LogP contribution in [0.25, 0.3) is 22.8 Å². The van der Waals surface area contributed by atoms with Crippen LogP contribution in [0.1, 0.15) is 18.3 Å². The molecule has 0 aliphatic carbocycles. The van der Waals surface area contributed by atoms with E-state index in [0.29, 0.717) is 22.5 Å². The molecule has 0 fully saturated rings. The molecule has 28 heavy (non-hydrogen) atoms. The first-order valence-electron chi connectivity index (χ1n) is 8.85. The number of nitrogens with zero attached hydrogens (tertiary/aromatic N) is 5. The van der Waals surface area contributed by atoms with Gasteiger partial charge in [0.25, 0.3) is 5.89 Å². The summed E-state index contributed by atoms with van der Waals surface area (Å²) in [5.41, 5.74) is 3.09. The molecule has 0 radical (unpaired) electrons. The molecule has 0 atom stereocenters. The third-order valence-corrected chi connectivity index (χ3v) is 5.41. The van der Waals surface area contributed by atoms with Gasteiger partial charge in [0, 0.05) is 22.7 Å². The van der Waals surface area contributed by atoms with E-state index in [1.165, 1.54) is 17.3 Å². The van der Waals surface area contributed by atoms with Crippen LogP contribution in [0.4, 0.5) is 0 Å². The van der Waals surface area contributed by atoms with Crippen LogP contribution in [0.3, 0.4) is 0 Å². The van der Waals surface area contributed by atoms with Gasteiger partial charge in [-0.1, -0.05) is 52.3 Å². The molecule has 0 aliphatic heterocycles. The average Bonchev–Trinajstić information content (AvgIpc) is 3.33. The summed E-state index contributed by atoms with van der Waals surface area (Å²) in [5.74, 6) is 2.49. The first-order chi connectivity index (χ1) is 13.6. The molecule has 2 aromatic heterocycles. The fraction of sp³-hybridized carbons (Fsp3) is 0.200. The van der Waals surface area contributed by atoms with Gasteiger partial charge in [0.05, 0.1) is 5.75 Å². The standard InChI is InChI=1S/C20H18ClN5OS/c1-3-26-18(15-6-4-5-13(2)11-15)23-24-20(26)28-12-17-22-19(27-25-17)14-7-9-16(21)10-8-14/h4-11H,3,12H2,1-2H3. The fourth-order valence-electron chi connectivity index (χ4n) is 2.83. The minimum atomic E-state index is 0.477. The summed E-state index contributed by atoms with van der Waals surface area (Å²) >= 11 is 7.46. The van der Waals surface area contributed by atoms with Crippen molar-refractivity contribution in [3.8, 4) is 22.8 Å². The van der Waals surface area contributed by atoms with Gasteiger partial charge in [0.15, 0.2) is 16.8 Å². The Balaban J connectivity index is 1.50. The van der Waals surface area contributed by atoms with Crippen LogP contribution in [0.2, 0.25) is 5.02 Å². The van der Waals surface area contributed by atoms with E-state index in [0.717, 1.165) is 28.7 Å². The number of halogens is 1. The molecule has 0 unspecified atom stereocenters. The number of rotatable bonds is 6. The summed E-state index contributed by atoms with van der Waals surface area (Å²) < 4.78 is 7.46. The summed E-state index contributed by atoms with van der Waals surface area (Å²) in [6, 6.07) is 15.6. The van der Waals surface area contributed by atoms with Crippen molar-refractivity contribution in [2.75, 3.05) is 0 Å². The lowest BCUT2D eigenvalue weighted by Crippen LogP contribution is -2.00. The second kappa shape index (κ2) is 8.16. The molecular formula is C20H18ClN5OS. The average molecular weight is 412 g/mol. The van der Waals surface area contributed by atoms with Crippen LogP contribution in [0.5, 0.6) is 0 Å². The molecule has 0 bridgehead atoms. The van der Waals surface area contributed by atoms with Crippen molar-refractivity contribution in [3.05, 3.63) is 64.9 Å². The van der Waals surface area contributed by atoms with E-state index in [4.69, 9.17) is 16.1 Å². The molecule has 0 spiro atoms. The van der Waals surface area contributed by atoms with E-state index < -0.39 is 0 Å². The highest BCUT2D eigenvalue weighted by Gasteiger charge is 2.15. The van der Waals surface area contributed by atoms with Crippen molar-refractivity contribution in [1.82, 2.24) is 24.9 Å². The van der Waals surface area contributed by atoms with Gasteiger partial charge in [-0.15, -0.1) is 10.2 Å². The molecule has 0 saturated heterocycles. The van der Waals surface area contributed by atoms with Crippen LogP contribution in [-0.2, 0) is 12.3 Å². The van der Waals surface area contributed by atoms with Crippen molar-refractivity contribution in [2.45, 2.75) is 31.3 Å². The highest BCUT2D eigenvalue weighted by Crippen LogP contribution is 2.27. The van der Waals surface area contributed by atoms with Gasteiger partial charge in [-0.2, -0.15) is 4.98 Å². The Kier molecular flexibility index (Phi) is 5.45. The SMILES string of the molecule is CCn1c(SCc2noc(-c3ccc(Cl)cc3)n2)nnc1-c1cccc(C)c1. The lowest BCUT2D eigenvalue weighted by molar-refractivity contribution is 0.425. The smallest absolute Gasteiger partial charge is 0.257 e. The highest BCUT2D eigenvalue weighted by molar-refractivity contribution is 7.98. The van der Waals surface area contributed by atoms with Gasteiger partial charge >= 0.3 is 0 Å². The monoisotopic (exact) mass is 411 g/mol. The topological polar surface area (TPSA) is 69.6 Å². The number of hydrogen-bond donors (Lipinski definition) is 0. The number of thioether (sulfide) groups is 1. The molecule has 0 N–H and O–H groups in total. The number of aryl methyl sites for hydroxylation is 1. The molecule has 2 aromatic carbocycles. The normalized spacial score (nSPS) is 11.1. The summed E-state index contributed by atoms with van der Waals surface area (Å²) in [4.78, 5) is 4.46. The van der Waals surface area contributed by atoms with Crippen molar-refractivity contribution < 1.29 is 4.52 Å². The minimum absolute atomic E-state index is 0.477. The predicted octanol–water partition coefficient (Wildman–Crippen LogP) is 5.27. The fourth-order valence-corrected chi connectivity index (χ4v) is 3.80. The Morgan fingerprint density at radius 2 is 1.89 bits per heavy atom. The molecule has 6 nitrogen and oxygen atoms in total. The number of hydrogen-bond acceptors (Lipinski definition) is 6. The zero-order chi connectivity index (χ0) is 19.5. The Morgan fingerprint density at radius 3 is 2.64 bits per heavy atom. The summed E-state index contributed by atoms with van der Waals surface area (Å²) in [5, 5.41) is 14.3. The van der Waals surface area contributed by atoms with Crippen LogP contribution in [0, 0.1) is 6.92 Å². The third kappa shape index (κ3) is 3.95. The van der Waals surface area contributed by atoms with Crippen LogP contribution >= 0.6 is 23.4 Å². The zero-order valence-electron chi connectivity index (χ0n) is 15.5.